The number of amides is 1. The second-order valence-electron chi connectivity index (χ2n) is 6.05. The van der Waals surface area contributed by atoms with Gasteiger partial charge >= 0.3 is 6.18 Å². The maximum Gasteiger partial charge on any atom is 0.417 e. The lowest BCUT2D eigenvalue weighted by Crippen LogP contribution is -2.41. The van der Waals surface area contributed by atoms with Crippen LogP contribution in [0.4, 0.5) is 19.0 Å². The summed E-state index contributed by atoms with van der Waals surface area (Å²) in [5.74, 6) is -0.595. The van der Waals surface area contributed by atoms with E-state index in [2.05, 4.69) is 15.3 Å². The summed E-state index contributed by atoms with van der Waals surface area (Å²) < 4.78 is 40.3. The SMILES string of the molecule is CC1(Nc2cc(C(F)(F)F)c(-c3csc(C(N)=O)n3)cn2)CCC1. The summed E-state index contributed by atoms with van der Waals surface area (Å²) in [4.78, 5) is 19.1. The third kappa shape index (κ3) is 3.21. The molecule has 128 valence electrons. The lowest BCUT2D eigenvalue weighted by molar-refractivity contribution is -0.137. The third-order valence-corrected chi connectivity index (χ3v) is 4.94. The lowest BCUT2D eigenvalue weighted by Gasteiger charge is -2.39. The Morgan fingerprint density at radius 3 is 2.62 bits per heavy atom. The number of nitrogens with two attached hydrogens (primary N) is 1. The Kier molecular flexibility index (Phi) is 3.98. The Hall–Kier alpha value is -2.16. The van der Waals surface area contributed by atoms with Crippen molar-refractivity contribution in [2.24, 2.45) is 5.73 Å². The molecule has 1 aliphatic rings. The molecule has 2 aromatic heterocycles. The number of hydrogen-bond acceptors (Lipinski definition) is 5. The van der Waals surface area contributed by atoms with Gasteiger partial charge in [-0.2, -0.15) is 13.2 Å². The molecular formula is C15H15F3N4OS. The molecule has 0 atom stereocenters. The van der Waals surface area contributed by atoms with Gasteiger partial charge in [-0.05, 0) is 32.3 Å². The highest BCUT2D eigenvalue weighted by Crippen LogP contribution is 2.40. The van der Waals surface area contributed by atoms with Crippen LogP contribution in [0, 0.1) is 0 Å². The highest BCUT2D eigenvalue weighted by molar-refractivity contribution is 7.12. The molecule has 3 N–H and O–H groups in total. The molecular weight excluding hydrogens is 341 g/mol. The van der Waals surface area contributed by atoms with Gasteiger partial charge in [-0.15, -0.1) is 11.3 Å². The van der Waals surface area contributed by atoms with E-state index in [0.29, 0.717) is 0 Å². The molecule has 2 heterocycles. The fraction of sp³-hybridized carbons (Fsp3) is 0.400. The Morgan fingerprint density at radius 1 is 1.42 bits per heavy atom. The number of anilines is 1. The van der Waals surface area contributed by atoms with Crippen molar-refractivity contribution in [3.63, 3.8) is 0 Å². The lowest BCUT2D eigenvalue weighted by atomic mass is 9.78. The molecule has 0 unspecified atom stereocenters. The van der Waals surface area contributed by atoms with Gasteiger partial charge in [0, 0.05) is 22.7 Å². The first kappa shape index (κ1) is 16.7. The van der Waals surface area contributed by atoms with Crippen LogP contribution in [0.2, 0.25) is 0 Å². The smallest absolute Gasteiger partial charge is 0.365 e. The summed E-state index contributed by atoms with van der Waals surface area (Å²) in [6.45, 7) is 1.96. The van der Waals surface area contributed by atoms with Crippen LogP contribution in [0.15, 0.2) is 17.6 Å². The predicted molar refractivity (Wildman–Crippen MR) is 84.7 cm³/mol. The number of primary amides is 1. The van der Waals surface area contributed by atoms with E-state index in [1.807, 2.05) is 6.92 Å². The molecule has 1 aliphatic carbocycles. The summed E-state index contributed by atoms with van der Waals surface area (Å²) in [7, 11) is 0. The van der Waals surface area contributed by atoms with E-state index in [1.54, 1.807) is 0 Å². The van der Waals surface area contributed by atoms with Gasteiger partial charge in [-0.3, -0.25) is 4.79 Å². The van der Waals surface area contributed by atoms with Gasteiger partial charge in [0.05, 0.1) is 11.3 Å². The number of aromatic nitrogens is 2. The summed E-state index contributed by atoms with van der Waals surface area (Å²) in [5.41, 5.74) is 3.92. The average Bonchev–Trinajstić information content (AvgIpc) is 2.94. The summed E-state index contributed by atoms with van der Waals surface area (Å²) >= 11 is 0.902. The van der Waals surface area contributed by atoms with Crippen LogP contribution in [-0.2, 0) is 6.18 Å². The number of carbonyl (C=O) groups excluding carboxylic acids is 1. The van der Waals surface area contributed by atoms with E-state index < -0.39 is 17.6 Å². The number of pyridine rings is 1. The third-order valence-electron chi connectivity index (χ3n) is 4.09. The number of carbonyl (C=O) groups is 1. The van der Waals surface area contributed by atoms with Crippen molar-refractivity contribution >= 4 is 23.1 Å². The number of nitrogens with zero attached hydrogens (tertiary/aromatic N) is 2. The van der Waals surface area contributed by atoms with Crippen molar-refractivity contribution in [1.29, 1.82) is 0 Å². The van der Waals surface area contributed by atoms with Gasteiger partial charge in [0.2, 0.25) is 0 Å². The molecule has 3 rings (SSSR count). The molecule has 2 aromatic rings. The van der Waals surface area contributed by atoms with Crippen molar-refractivity contribution in [3.05, 3.63) is 28.2 Å². The number of thiazole rings is 1. The number of nitrogens with one attached hydrogen (secondary N) is 1. The van der Waals surface area contributed by atoms with Gasteiger partial charge in [0.1, 0.15) is 5.82 Å². The molecule has 0 bridgehead atoms. The summed E-state index contributed by atoms with van der Waals surface area (Å²) in [5, 5.41) is 4.39. The first-order valence-corrected chi connectivity index (χ1v) is 8.17. The topological polar surface area (TPSA) is 80.9 Å². The minimum atomic E-state index is -4.56. The molecule has 5 nitrogen and oxygen atoms in total. The van der Waals surface area contributed by atoms with Crippen LogP contribution in [0.3, 0.4) is 0 Å². The second kappa shape index (κ2) is 5.73. The van der Waals surface area contributed by atoms with Gasteiger partial charge in [-0.25, -0.2) is 9.97 Å². The van der Waals surface area contributed by atoms with Crippen molar-refractivity contribution < 1.29 is 18.0 Å². The highest BCUT2D eigenvalue weighted by Gasteiger charge is 2.37. The molecule has 0 aromatic carbocycles. The maximum atomic E-state index is 13.4. The fourth-order valence-corrected chi connectivity index (χ4v) is 3.28. The zero-order chi connectivity index (χ0) is 17.5. The van der Waals surface area contributed by atoms with Crippen molar-refractivity contribution in [2.45, 2.75) is 37.9 Å². The highest BCUT2D eigenvalue weighted by atomic mass is 32.1. The van der Waals surface area contributed by atoms with Gasteiger partial charge in [0.15, 0.2) is 5.01 Å². The van der Waals surface area contributed by atoms with Crippen LogP contribution in [0.1, 0.15) is 41.6 Å². The van der Waals surface area contributed by atoms with E-state index in [0.717, 1.165) is 42.9 Å². The first-order chi connectivity index (χ1) is 11.2. The maximum absolute atomic E-state index is 13.4. The Balaban J connectivity index is 2.00. The van der Waals surface area contributed by atoms with Crippen LogP contribution in [0.25, 0.3) is 11.3 Å². The van der Waals surface area contributed by atoms with Crippen LogP contribution in [0.5, 0.6) is 0 Å². The largest absolute Gasteiger partial charge is 0.417 e. The van der Waals surface area contributed by atoms with E-state index in [4.69, 9.17) is 5.73 Å². The molecule has 1 amide bonds. The standard InChI is InChI=1S/C15H15F3N4OS/c1-14(3-2-4-14)22-11-5-9(15(16,17)18)8(6-20-11)10-7-24-13(21-10)12(19)23/h5-7H,2-4H2,1H3,(H2,19,23)(H,20,22). The van der Waals surface area contributed by atoms with Gasteiger partial charge < -0.3 is 11.1 Å². The summed E-state index contributed by atoms with van der Waals surface area (Å²) in [6, 6.07) is 0.988. The zero-order valence-corrected chi connectivity index (χ0v) is 13.6. The second-order valence-corrected chi connectivity index (χ2v) is 6.91. The summed E-state index contributed by atoms with van der Waals surface area (Å²) in [6.07, 6.45) is -0.598. The Bertz CT molecular complexity index is 783. The van der Waals surface area contributed by atoms with E-state index in [-0.39, 0.29) is 27.6 Å². The molecule has 1 fully saturated rings. The molecule has 0 aliphatic heterocycles. The molecule has 0 radical (unpaired) electrons. The normalized spacial score (nSPS) is 16.5. The number of hydrogen-bond donors (Lipinski definition) is 2. The molecule has 9 heteroatoms. The number of rotatable bonds is 4. The van der Waals surface area contributed by atoms with E-state index >= 15 is 0 Å². The Labute approximate surface area is 140 Å². The molecule has 0 spiro atoms. The van der Waals surface area contributed by atoms with Crippen LogP contribution >= 0.6 is 11.3 Å². The fourth-order valence-electron chi connectivity index (χ4n) is 2.61. The van der Waals surface area contributed by atoms with E-state index in [1.165, 1.54) is 5.38 Å². The van der Waals surface area contributed by atoms with Crippen molar-refractivity contribution in [3.8, 4) is 11.3 Å². The quantitative estimate of drug-likeness (QED) is 0.876. The van der Waals surface area contributed by atoms with Crippen LogP contribution in [-0.4, -0.2) is 21.4 Å². The number of alkyl halides is 3. The molecule has 24 heavy (non-hydrogen) atoms. The predicted octanol–water partition coefficient (Wildman–Crippen LogP) is 3.68. The van der Waals surface area contributed by atoms with E-state index in [9.17, 15) is 18.0 Å². The average molecular weight is 356 g/mol. The molecule has 1 saturated carbocycles. The number of halogens is 3. The van der Waals surface area contributed by atoms with Crippen LogP contribution < -0.4 is 11.1 Å². The molecule has 0 saturated heterocycles. The van der Waals surface area contributed by atoms with Gasteiger partial charge in [0.25, 0.3) is 5.91 Å². The first-order valence-electron chi connectivity index (χ1n) is 7.29. The van der Waals surface area contributed by atoms with Crippen molar-refractivity contribution in [2.75, 3.05) is 5.32 Å². The van der Waals surface area contributed by atoms with Crippen molar-refractivity contribution in [1.82, 2.24) is 9.97 Å². The zero-order valence-electron chi connectivity index (χ0n) is 12.8. The van der Waals surface area contributed by atoms with Gasteiger partial charge in [-0.1, -0.05) is 0 Å². The monoisotopic (exact) mass is 356 g/mol. The minimum Gasteiger partial charge on any atom is -0.365 e. The minimum absolute atomic E-state index is 0.0371. The Morgan fingerprint density at radius 2 is 2.12 bits per heavy atom.